The lowest BCUT2D eigenvalue weighted by Gasteiger charge is -2.19. The van der Waals surface area contributed by atoms with Gasteiger partial charge in [-0.2, -0.15) is 0 Å². The molecule has 0 unspecified atom stereocenters. The van der Waals surface area contributed by atoms with E-state index >= 15 is 0 Å². The van der Waals surface area contributed by atoms with Gasteiger partial charge in [-0.15, -0.1) is 11.3 Å². The number of halogens is 2. The Balaban J connectivity index is 2.19. The maximum atomic E-state index is 5.81. The van der Waals surface area contributed by atoms with E-state index in [-0.39, 0.29) is 5.28 Å². The Hall–Kier alpha value is -0.650. The van der Waals surface area contributed by atoms with Crippen LogP contribution in [-0.2, 0) is 6.54 Å². The van der Waals surface area contributed by atoms with Crippen LogP contribution in [0, 0.1) is 6.92 Å². The molecule has 2 heterocycles. The number of rotatable bonds is 3. The predicted molar refractivity (Wildman–Crippen MR) is 75.9 cm³/mol. The van der Waals surface area contributed by atoms with E-state index in [2.05, 4.69) is 42.2 Å². The van der Waals surface area contributed by atoms with Crippen molar-refractivity contribution >= 4 is 44.7 Å². The summed E-state index contributed by atoms with van der Waals surface area (Å²) in [7, 11) is 2.00. The number of aryl methyl sites for hydroxylation is 1. The third kappa shape index (κ3) is 3.18. The van der Waals surface area contributed by atoms with Crippen LogP contribution < -0.4 is 4.90 Å². The van der Waals surface area contributed by atoms with Crippen molar-refractivity contribution in [1.82, 2.24) is 9.97 Å². The topological polar surface area (TPSA) is 29.0 Å². The van der Waals surface area contributed by atoms with Crippen LogP contribution in [-0.4, -0.2) is 17.0 Å². The molecule has 0 aliphatic rings. The molecular formula is C11H11BrClN3S. The Morgan fingerprint density at radius 1 is 1.53 bits per heavy atom. The molecular weight excluding hydrogens is 322 g/mol. The van der Waals surface area contributed by atoms with Crippen LogP contribution in [0.3, 0.4) is 0 Å². The molecule has 0 amide bonds. The second-order valence-electron chi connectivity index (χ2n) is 3.73. The molecule has 0 aromatic carbocycles. The first-order chi connectivity index (χ1) is 8.06. The number of anilines is 1. The van der Waals surface area contributed by atoms with Crippen LogP contribution in [0.4, 0.5) is 5.82 Å². The number of aromatic nitrogens is 2. The molecule has 0 fully saturated rings. The van der Waals surface area contributed by atoms with E-state index in [1.165, 1.54) is 4.88 Å². The Bertz CT molecular complexity index is 529. The zero-order chi connectivity index (χ0) is 12.4. The fourth-order valence-electron chi connectivity index (χ4n) is 1.54. The first-order valence-electron chi connectivity index (χ1n) is 4.99. The van der Waals surface area contributed by atoms with Crippen molar-refractivity contribution in [2.24, 2.45) is 0 Å². The van der Waals surface area contributed by atoms with Crippen molar-refractivity contribution in [3.8, 4) is 0 Å². The molecule has 0 aliphatic carbocycles. The summed E-state index contributed by atoms with van der Waals surface area (Å²) in [6.07, 6.45) is 1.74. The molecule has 17 heavy (non-hydrogen) atoms. The molecule has 0 saturated carbocycles. The molecule has 6 heteroatoms. The maximum absolute atomic E-state index is 5.81. The molecule has 0 saturated heterocycles. The van der Waals surface area contributed by atoms with Gasteiger partial charge in [0, 0.05) is 33.5 Å². The third-order valence-corrected chi connectivity index (χ3v) is 4.16. The van der Waals surface area contributed by atoms with E-state index in [1.54, 1.807) is 17.5 Å². The van der Waals surface area contributed by atoms with Gasteiger partial charge in [0.25, 0.3) is 0 Å². The Kier molecular flexibility index (Phi) is 4.01. The van der Waals surface area contributed by atoms with Crippen LogP contribution in [0.15, 0.2) is 22.1 Å². The number of thiophene rings is 1. The van der Waals surface area contributed by atoms with Crippen LogP contribution in [0.1, 0.15) is 10.4 Å². The van der Waals surface area contributed by atoms with Crippen molar-refractivity contribution in [2.75, 3.05) is 11.9 Å². The minimum Gasteiger partial charge on any atom is -0.354 e. The molecule has 90 valence electrons. The lowest BCUT2D eigenvalue weighted by atomic mass is 10.3. The van der Waals surface area contributed by atoms with E-state index in [0.717, 1.165) is 22.4 Å². The Morgan fingerprint density at radius 2 is 2.29 bits per heavy atom. The minimum atomic E-state index is 0.282. The van der Waals surface area contributed by atoms with Gasteiger partial charge in [0.05, 0.1) is 6.54 Å². The first-order valence-corrected chi connectivity index (χ1v) is 7.04. The fourth-order valence-corrected chi connectivity index (χ4v) is 3.18. The van der Waals surface area contributed by atoms with Crippen molar-refractivity contribution in [1.29, 1.82) is 0 Å². The maximum Gasteiger partial charge on any atom is 0.224 e. The van der Waals surface area contributed by atoms with E-state index in [4.69, 9.17) is 11.6 Å². The summed E-state index contributed by atoms with van der Waals surface area (Å²) in [6, 6.07) is 2.11. The SMILES string of the molecule is Cc1cnc(Cl)nc1N(C)Cc1cc(Br)cs1. The molecule has 2 aromatic heterocycles. The van der Waals surface area contributed by atoms with Gasteiger partial charge in [0.15, 0.2) is 0 Å². The predicted octanol–water partition coefficient (Wildman–Crippen LogP) is 3.90. The van der Waals surface area contributed by atoms with E-state index in [1.807, 2.05) is 14.0 Å². The van der Waals surface area contributed by atoms with Gasteiger partial charge in [-0.05, 0) is 40.5 Å². The summed E-state index contributed by atoms with van der Waals surface area (Å²) in [4.78, 5) is 11.5. The van der Waals surface area contributed by atoms with E-state index in [0.29, 0.717) is 0 Å². The quantitative estimate of drug-likeness (QED) is 0.798. The summed E-state index contributed by atoms with van der Waals surface area (Å²) < 4.78 is 1.11. The molecule has 3 nitrogen and oxygen atoms in total. The molecule has 2 aromatic rings. The van der Waals surface area contributed by atoms with E-state index in [9.17, 15) is 0 Å². The third-order valence-electron chi connectivity index (χ3n) is 2.29. The van der Waals surface area contributed by atoms with Crippen molar-refractivity contribution in [3.63, 3.8) is 0 Å². The normalized spacial score (nSPS) is 10.6. The van der Waals surface area contributed by atoms with Gasteiger partial charge in [0.1, 0.15) is 5.82 Å². The monoisotopic (exact) mass is 331 g/mol. The summed E-state index contributed by atoms with van der Waals surface area (Å²) in [6.45, 7) is 2.79. The van der Waals surface area contributed by atoms with Crippen molar-refractivity contribution in [3.05, 3.63) is 37.8 Å². The summed E-state index contributed by atoms with van der Waals surface area (Å²) >= 11 is 11.0. The van der Waals surface area contributed by atoms with Gasteiger partial charge in [-0.1, -0.05) is 0 Å². The Labute approximate surface area is 118 Å². The van der Waals surface area contributed by atoms with Crippen molar-refractivity contribution < 1.29 is 0 Å². The highest BCUT2D eigenvalue weighted by atomic mass is 79.9. The minimum absolute atomic E-state index is 0.282. The van der Waals surface area contributed by atoms with Crippen LogP contribution in [0.5, 0.6) is 0 Å². The Morgan fingerprint density at radius 3 is 2.94 bits per heavy atom. The molecule has 0 aliphatic heterocycles. The second-order valence-corrected chi connectivity index (χ2v) is 5.98. The summed E-state index contributed by atoms with van der Waals surface area (Å²) in [5.74, 6) is 0.870. The van der Waals surface area contributed by atoms with Gasteiger partial charge in [-0.25, -0.2) is 9.97 Å². The van der Waals surface area contributed by atoms with Crippen molar-refractivity contribution in [2.45, 2.75) is 13.5 Å². The van der Waals surface area contributed by atoms with Gasteiger partial charge >= 0.3 is 0 Å². The van der Waals surface area contributed by atoms with Crippen LogP contribution in [0.25, 0.3) is 0 Å². The fraction of sp³-hybridized carbons (Fsp3) is 0.273. The lowest BCUT2D eigenvalue weighted by Crippen LogP contribution is -2.18. The zero-order valence-electron chi connectivity index (χ0n) is 9.44. The number of nitrogens with zero attached hydrogens (tertiary/aromatic N) is 3. The molecule has 0 N–H and O–H groups in total. The average Bonchev–Trinajstić information content (AvgIpc) is 2.67. The second kappa shape index (κ2) is 5.33. The van der Waals surface area contributed by atoms with Crippen LogP contribution >= 0.6 is 38.9 Å². The standard InChI is InChI=1S/C11H11BrClN3S/c1-7-4-14-11(13)15-10(7)16(2)5-9-3-8(12)6-17-9/h3-4,6H,5H2,1-2H3. The molecule has 0 bridgehead atoms. The number of hydrogen-bond acceptors (Lipinski definition) is 4. The smallest absolute Gasteiger partial charge is 0.224 e. The van der Waals surface area contributed by atoms with E-state index < -0.39 is 0 Å². The first kappa shape index (κ1) is 12.8. The van der Waals surface area contributed by atoms with Gasteiger partial charge < -0.3 is 4.90 Å². The van der Waals surface area contributed by atoms with Gasteiger partial charge in [0.2, 0.25) is 5.28 Å². The highest BCUT2D eigenvalue weighted by Gasteiger charge is 2.09. The average molecular weight is 333 g/mol. The van der Waals surface area contributed by atoms with Crippen LogP contribution in [0.2, 0.25) is 5.28 Å². The molecule has 0 radical (unpaired) electrons. The molecule has 0 atom stereocenters. The molecule has 0 spiro atoms. The lowest BCUT2D eigenvalue weighted by molar-refractivity contribution is 0.894. The highest BCUT2D eigenvalue weighted by Crippen LogP contribution is 2.24. The summed E-state index contributed by atoms with van der Waals surface area (Å²) in [5.41, 5.74) is 1.02. The number of hydrogen-bond donors (Lipinski definition) is 0. The summed E-state index contributed by atoms with van der Waals surface area (Å²) in [5, 5.41) is 2.35. The zero-order valence-corrected chi connectivity index (χ0v) is 12.6. The highest BCUT2D eigenvalue weighted by molar-refractivity contribution is 9.10. The molecule has 2 rings (SSSR count). The van der Waals surface area contributed by atoms with Gasteiger partial charge in [-0.3, -0.25) is 0 Å². The largest absolute Gasteiger partial charge is 0.354 e.